The van der Waals surface area contributed by atoms with E-state index in [2.05, 4.69) is 45.3 Å². The third-order valence-electron chi connectivity index (χ3n) is 7.40. The van der Waals surface area contributed by atoms with Gasteiger partial charge in [-0.2, -0.15) is 4.98 Å². The second-order valence-electron chi connectivity index (χ2n) is 10.5. The zero-order chi connectivity index (χ0) is 24.3. The molecule has 1 aliphatic carbocycles. The van der Waals surface area contributed by atoms with Gasteiger partial charge in [-0.1, -0.05) is 11.6 Å². The minimum atomic E-state index is -2.30. The molecule has 2 aliphatic heterocycles. The van der Waals surface area contributed by atoms with Crippen LogP contribution >= 0.6 is 18.7 Å². The van der Waals surface area contributed by atoms with Gasteiger partial charge in [-0.3, -0.25) is 0 Å². The largest absolute Gasteiger partial charge is 0.324 e. The predicted molar refractivity (Wildman–Crippen MR) is 145 cm³/mol. The number of halogens is 1. The number of nitrogens with zero attached hydrogens (tertiary/aromatic N) is 4. The monoisotopic (exact) mass is 507 g/mol. The minimum Gasteiger partial charge on any atom is -0.324 e. The minimum absolute atomic E-state index is 0.523. The molecule has 182 valence electrons. The van der Waals surface area contributed by atoms with Crippen LogP contribution in [0.5, 0.6) is 0 Å². The van der Waals surface area contributed by atoms with Crippen LogP contribution in [0.3, 0.4) is 0 Å². The number of nitrogens with one attached hydrogen (secondary N) is 1. The average molecular weight is 508 g/mol. The lowest BCUT2D eigenvalue weighted by Crippen LogP contribution is -2.27. The fourth-order valence-electron chi connectivity index (χ4n) is 5.39. The quantitative estimate of drug-likeness (QED) is 0.448. The van der Waals surface area contributed by atoms with E-state index in [4.69, 9.17) is 16.6 Å². The summed E-state index contributed by atoms with van der Waals surface area (Å²) in [5.41, 5.74) is 7.76. The van der Waals surface area contributed by atoms with E-state index in [1.165, 1.54) is 29.5 Å². The van der Waals surface area contributed by atoms with Crippen LogP contribution < -0.4 is 15.5 Å². The van der Waals surface area contributed by atoms with E-state index in [1.54, 1.807) is 11.8 Å². The topological polar surface area (TPSA) is 61.4 Å². The van der Waals surface area contributed by atoms with E-state index in [0.717, 1.165) is 49.2 Å². The number of hydrogen-bond donors (Lipinski definition) is 1. The van der Waals surface area contributed by atoms with Gasteiger partial charge < -0.3 is 19.7 Å². The Morgan fingerprint density at radius 3 is 2.69 bits per heavy atom. The molecule has 0 unspecified atom stereocenters. The van der Waals surface area contributed by atoms with Crippen molar-refractivity contribution in [3.63, 3.8) is 0 Å². The maximum Gasteiger partial charge on any atom is 0.229 e. The zero-order valence-electron chi connectivity index (χ0n) is 20.5. The van der Waals surface area contributed by atoms with Gasteiger partial charge in [0.25, 0.3) is 0 Å². The Labute approximate surface area is 212 Å². The van der Waals surface area contributed by atoms with Gasteiger partial charge in [-0.05, 0) is 105 Å². The van der Waals surface area contributed by atoms with Crippen molar-refractivity contribution in [2.45, 2.75) is 38.1 Å². The second-order valence-corrected chi connectivity index (χ2v) is 14.1. The molecule has 0 bridgehead atoms. The van der Waals surface area contributed by atoms with Crippen molar-refractivity contribution < 1.29 is 4.57 Å². The van der Waals surface area contributed by atoms with Crippen LogP contribution in [0.2, 0.25) is 5.02 Å². The van der Waals surface area contributed by atoms with Crippen LogP contribution in [0.4, 0.5) is 23.1 Å². The van der Waals surface area contributed by atoms with Gasteiger partial charge in [0.1, 0.15) is 12.2 Å². The molecule has 3 heterocycles. The molecule has 1 aromatic heterocycles. The number of hydrogen-bond acceptors (Lipinski definition) is 6. The first kappa shape index (κ1) is 23.0. The van der Waals surface area contributed by atoms with Crippen LogP contribution in [0.15, 0.2) is 36.5 Å². The molecule has 8 heteroatoms. The third-order valence-corrected chi connectivity index (χ3v) is 9.18. The van der Waals surface area contributed by atoms with Gasteiger partial charge >= 0.3 is 0 Å². The predicted octanol–water partition coefficient (Wildman–Crippen LogP) is 5.68. The summed E-state index contributed by atoms with van der Waals surface area (Å²) in [6.07, 6.45) is 6.25. The molecule has 6 nitrogen and oxygen atoms in total. The molecular formula is C27H31ClN5OP. The molecule has 0 saturated heterocycles. The third kappa shape index (κ3) is 4.48. The highest BCUT2D eigenvalue weighted by atomic mass is 35.5. The highest BCUT2D eigenvalue weighted by Gasteiger charge is 2.30. The lowest BCUT2D eigenvalue weighted by molar-refractivity contribution is 0.312. The van der Waals surface area contributed by atoms with Crippen molar-refractivity contribution in [2.24, 2.45) is 0 Å². The highest BCUT2D eigenvalue weighted by molar-refractivity contribution is 7.70. The number of rotatable bonds is 5. The molecule has 1 saturated carbocycles. The standard InChI is InChI=1S/C27H31ClN5OP/c1-32-10-9-22-19(16-32)12-20(14-23(22)17-4-5-17)30-27-29-15-24(28)26(31-27)33-11-8-18-13-21(35(2,3)34)6-7-25(18)33/h6-7,12-15,17H,4-5,8-11,16H2,1-3H3,(H,29,30,31). The van der Waals surface area contributed by atoms with Gasteiger partial charge in [-0.25, -0.2) is 4.98 Å². The van der Waals surface area contributed by atoms with Crippen LogP contribution in [0.25, 0.3) is 0 Å². The molecule has 1 fully saturated rings. The van der Waals surface area contributed by atoms with Crippen molar-refractivity contribution in [1.29, 1.82) is 0 Å². The number of anilines is 4. The molecule has 0 radical (unpaired) electrons. The molecule has 0 amide bonds. The fraction of sp³-hybridized carbons (Fsp3) is 0.407. The van der Waals surface area contributed by atoms with Gasteiger partial charge in [-0.15, -0.1) is 0 Å². The average Bonchev–Trinajstić information content (AvgIpc) is 3.58. The zero-order valence-corrected chi connectivity index (χ0v) is 22.2. The first-order valence-corrected chi connectivity index (χ1v) is 15.3. The van der Waals surface area contributed by atoms with Crippen LogP contribution in [0, 0.1) is 0 Å². The molecule has 0 spiro atoms. The molecule has 3 aromatic rings. The first-order chi connectivity index (χ1) is 16.8. The molecule has 2 aromatic carbocycles. The Bertz CT molecular complexity index is 1370. The Balaban J connectivity index is 1.31. The maximum atomic E-state index is 12.6. The van der Waals surface area contributed by atoms with Gasteiger partial charge in [0.2, 0.25) is 5.95 Å². The summed E-state index contributed by atoms with van der Waals surface area (Å²) in [7, 11) is -0.115. The SMILES string of the molecule is CN1CCc2c(cc(Nc3ncc(Cl)c(N4CCc5cc(P(C)(C)=O)ccc54)n3)cc2C2CC2)C1. The van der Waals surface area contributed by atoms with E-state index >= 15 is 0 Å². The van der Waals surface area contributed by atoms with E-state index in [0.29, 0.717) is 22.7 Å². The van der Waals surface area contributed by atoms with Crippen LogP contribution in [-0.4, -0.2) is 48.3 Å². The van der Waals surface area contributed by atoms with Gasteiger partial charge in [0.15, 0.2) is 5.82 Å². The van der Waals surface area contributed by atoms with Crippen molar-refractivity contribution in [3.05, 3.63) is 63.8 Å². The maximum absolute atomic E-state index is 12.6. The molecule has 0 atom stereocenters. The van der Waals surface area contributed by atoms with Crippen molar-refractivity contribution >= 4 is 47.2 Å². The molecule has 3 aliphatic rings. The Kier molecular flexibility index (Phi) is 5.67. The number of benzene rings is 2. The molecule has 1 N–H and O–H groups in total. The summed E-state index contributed by atoms with van der Waals surface area (Å²) in [4.78, 5) is 13.9. The summed E-state index contributed by atoms with van der Waals surface area (Å²) in [6, 6.07) is 10.7. The summed E-state index contributed by atoms with van der Waals surface area (Å²) >= 11 is 6.59. The lowest BCUT2D eigenvalue weighted by atomic mass is 9.91. The summed E-state index contributed by atoms with van der Waals surface area (Å²) in [5, 5.41) is 4.91. The second kappa shape index (κ2) is 8.62. The lowest BCUT2D eigenvalue weighted by Gasteiger charge is -2.28. The molecule has 6 rings (SSSR count). The summed E-state index contributed by atoms with van der Waals surface area (Å²) in [5.74, 6) is 1.95. The van der Waals surface area contributed by atoms with Gasteiger partial charge in [0, 0.05) is 36.3 Å². The summed E-state index contributed by atoms with van der Waals surface area (Å²) in [6.45, 7) is 6.51. The molecule has 35 heavy (non-hydrogen) atoms. The first-order valence-electron chi connectivity index (χ1n) is 12.4. The normalized spacial score (nSPS) is 17.9. The number of fused-ring (bicyclic) bond motifs is 2. The van der Waals surface area contributed by atoms with Crippen LogP contribution in [-0.2, 0) is 24.0 Å². The Morgan fingerprint density at radius 1 is 1.09 bits per heavy atom. The van der Waals surface area contributed by atoms with Gasteiger partial charge in [0.05, 0.1) is 6.20 Å². The van der Waals surface area contributed by atoms with E-state index in [9.17, 15) is 4.57 Å². The summed E-state index contributed by atoms with van der Waals surface area (Å²) < 4.78 is 12.6. The van der Waals surface area contributed by atoms with E-state index in [-0.39, 0.29) is 0 Å². The molecular weight excluding hydrogens is 477 g/mol. The van der Waals surface area contributed by atoms with E-state index < -0.39 is 7.14 Å². The Morgan fingerprint density at radius 2 is 1.91 bits per heavy atom. The van der Waals surface area contributed by atoms with Crippen molar-refractivity contribution in [3.8, 4) is 0 Å². The smallest absolute Gasteiger partial charge is 0.229 e. The van der Waals surface area contributed by atoms with E-state index in [1.807, 2.05) is 25.5 Å². The van der Waals surface area contributed by atoms with Crippen molar-refractivity contribution in [1.82, 2.24) is 14.9 Å². The highest BCUT2D eigenvalue weighted by Crippen LogP contribution is 2.45. The van der Waals surface area contributed by atoms with Crippen molar-refractivity contribution in [2.75, 3.05) is 43.7 Å². The number of aromatic nitrogens is 2. The number of likely N-dealkylation sites (N-methyl/N-ethyl adjacent to an activating group) is 1. The fourth-order valence-corrected chi connectivity index (χ4v) is 6.48. The Hall–Kier alpha value is -2.40. The van der Waals surface area contributed by atoms with Crippen LogP contribution in [0.1, 0.15) is 41.0 Å².